The molecule has 0 saturated carbocycles. The van der Waals surface area contributed by atoms with Gasteiger partial charge in [0.15, 0.2) is 0 Å². The van der Waals surface area contributed by atoms with E-state index in [0.29, 0.717) is 10.8 Å². The molecule has 0 aromatic heterocycles. The quantitative estimate of drug-likeness (QED) is 0.411. The van der Waals surface area contributed by atoms with Crippen LogP contribution in [0.2, 0.25) is 5.02 Å². The Labute approximate surface area is 80.6 Å². The number of nitrogens with one attached hydrogen (secondary N) is 1. The topological polar surface area (TPSA) is 64.3 Å². The molecule has 0 bridgehead atoms. The molecule has 0 unspecified atom stereocenters. The number of hydrogen-bond donors (Lipinski definition) is 2. The van der Waals surface area contributed by atoms with E-state index in [2.05, 4.69) is 0 Å². The molecule has 1 aromatic rings. The summed E-state index contributed by atoms with van der Waals surface area (Å²) in [6.07, 6.45) is -0.707. The fraction of sp³-hybridized carbons (Fsp3) is 0.125. The number of ether oxygens (including phenoxy) is 1. The average molecular weight is 201 g/mol. The maximum absolute atomic E-state index is 10.7. The summed E-state index contributed by atoms with van der Waals surface area (Å²) in [7, 11) is 0. The molecule has 5 heteroatoms. The largest absolute Gasteiger partial charge is 0.426 e. The molecule has 0 fully saturated rings. The summed E-state index contributed by atoms with van der Waals surface area (Å²) in [5.41, 5.74) is 2.69. The second-order valence-electron chi connectivity index (χ2n) is 2.44. The molecule has 4 nitrogen and oxygen atoms in total. The molecule has 0 radical (unpaired) electrons. The molecule has 1 aromatic carbocycles. The number of amides is 1. The first kappa shape index (κ1) is 9.83. The van der Waals surface area contributed by atoms with Crippen molar-refractivity contribution in [3.05, 3.63) is 28.8 Å². The van der Waals surface area contributed by atoms with Crippen LogP contribution in [-0.2, 0) is 0 Å². The SMILES string of the molecule is Cc1cc(OC(=O)NN)ccc1Cl. The number of rotatable bonds is 1. The standard InChI is InChI=1S/C8H9ClN2O2/c1-5-4-6(2-3-7(5)9)13-8(12)11-10/h2-4H,10H2,1H3,(H,11,12). The van der Waals surface area contributed by atoms with E-state index in [0.717, 1.165) is 5.56 Å². The monoisotopic (exact) mass is 200 g/mol. The van der Waals surface area contributed by atoms with E-state index >= 15 is 0 Å². The zero-order valence-electron chi connectivity index (χ0n) is 7.00. The number of hydrogen-bond acceptors (Lipinski definition) is 3. The normalized spacial score (nSPS) is 9.46. The smallest absolute Gasteiger partial charge is 0.409 e. The predicted octanol–water partition coefficient (Wildman–Crippen LogP) is 1.61. The highest BCUT2D eigenvalue weighted by molar-refractivity contribution is 6.31. The summed E-state index contributed by atoms with van der Waals surface area (Å²) in [5.74, 6) is 5.24. The van der Waals surface area contributed by atoms with Gasteiger partial charge in [0.25, 0.3) is 0 Å². The molecular weight excluding hydrogens is 192 g/mol. The number of carbonyl (C=O) groups is 1. The van der Waals surface area contributed by atoms with Crippen molar-refractivity contribution in [3.63, 3.8) is 0 Å². The number of nitrogens with two attached hydrogens (primary N) is 1. The van der Waals surface area contributed by atoms with Crippen LogP contribution in [0, 0.1) is 6.92 Å². The van der Waals surface area contributed by atoms with Crippen molar-refractivity contribution in [3.8, 4) is 5.75 Å². The average Bonchev–Trinajstić information content (AvgIpc) is 2.11. The molecule has 0 aliphatic rings. The van der Waals surface area contributed by atoms with E-state index in [1.54, 1.807) is 18.2 Å². The Morgan fingerprint density at radius 3 is 2.85 bits per heavy atom. The predicted molar refractivity (Wildman–Crippen MR) is 49.5 cm³/mol. The van der Waals surface area contributed by atoms with E-state index in [9.17, 15) is 4.79 Å². The fourth-order valence-corrected chi connectivity index (χ4v) is 0.935. The highest BCUT2D eigenvalue weighted by Gasteiger charge is 2.02. The maximum Gasteiger partial charge on any atom is 0.426 e. The van der Waals surface area contributed by atoms with Gasteiger partial charge in [0.1, 0.15) is 5.75 Å². The van der Waals surface area contributed by atoms with Gasteiger partial charge in [-0.05, 0) is 30.7 Å². The number of benzene rings is 1. The zero-order valence-corrected chi connectivity index (χ0v) is 7.76. The molecule has 0 saturated heterocycles. The van der Waals surface area contributed by atoms with Crippen molar-refractivity contribution in [2.24, 2.45) is 5.84 Å². The van der Waals surface area contributed by atoms with Crippen molar-refractivity contribution < 1.29 is 9.53 Å². The van der Waals surface area contributed by atoms with Gasteiger partial charge in [-0.3, -0.25) is 5.43 Å². The highest BCUT2D eigenvalue weighted by Crippen LogP contribution is 2.20. The van der Waals surface area contributed by atoms with Gasteiger partial charge >= 0.3 is 6.09 Å². The van der Waals surface area contributed by atoms with E-state index in [1.165, 1.54) is 0 Å². The van der Waals surface area contributed by atoms with Gasteiger partial charge in [0.05, 0.1) is 0 Å². The fourth-order valence-electron chi connectivity index (χ4n) is 0.817. The van der Waals surface area contributed by atoms with Crippen LogP contribution >= 0.6 is 11.6 Å². The number of aryl methyl sites for hydroxylation is 1. The van der Waals surface area contributed by atoms with Crippen LogP contribution in [0.15, 0.2) is 18.2 Å². The van der Waals surface area contributed by atoms with Crippen molar-refractivity contribution >= 4 is 17.7 Å². The first-order valence-corrected chi connectivity index (χ1v) is 3.96. The van der Waals surface area contributed by atoms with E-state index in [-0.39, 0.29) is 0 Å². The number of hydrazine groups is 1. The van der Waals surface area contributed by atoms with E-state index in [4.69, 9.17) is 22.2 Å². The minimum Gasteiger partial charge on any atom is -0.409 e. The lowest BCUT2D eigenvalue weighted by Crippen LogP contribution is -2.32. The first-order valence-electron chi connectivity index (χ1n) is 3.58. The molecule has 0 heterocycles. The Balaban J connectivity index is 2.79. The van der Waals surface area contributed by atoms with Crippen LogP contribution in [0.5, 0.6) is 5.75 Å². The van der Waals surface area contributed by atoms with Gasteiger partial charge in [-0.1, -0.05) is 11.6 Å². The van der Waals surface area contributed by atoms with Crippen LogP contribution < -0.4 is 16.0 Å². The minimum atomic E-state index is -0.707. The van der Waals surface area contributed by atoms with Gasteiger partial charge in [-0.2, -0.15) is 0 Å². The van der Waals surface area contributed by atoms with Gasteiger partial charge in [0, 0.05) is 5.02 Å². The van der Waals surface area contributed by atoms with E-state index < -0.39 is 6.09 Å². The van der Waals surface area contributed by atoms with Gasteiger partial charge in [-0.15, -0.1) is 0 Å². The van der Waals surface area contributed by atoms with Crippen LogP contribution in [0.1, 0.15) is 5.56 Å². The number of carbonyl (C=O) groups excluding carboxylic acids is 1. The summed E-state index contributed by atoms with van der Waals surface area (Å²) in [6, 6.07) is 4.89. The molecule has 0 atom stereocenters. The minimum absolute atomic E-state index is 0.407. The Hall–Kier alpha value is -1.26. The van der Waals surface area contributed by atoms with Crippen molar-refractivity contribution in [1.82, 2.24) is 5.43 Å². The highest BCUT2D eigenvalue weighted by atomic mass is 35.5. The summed E-state index contributed by atoms with van der Waals surface area (Å²) in [4.78, 5) is 10.7. The van der Waals surface area contributed by atoms with Crippen molar-refractivity contribution in [2.45, 2.75) is 6.92 Å². The maximum atomic E-state index is 10.7. The third-order valence-electron chi connectivity index (χ3n) is 1.46. The van der Waals surface area contributed by atoms with Crippen LogP contribution in [0.3, 0.4) is 0 Å². The Bertz CT molecular complexity index is 328. The lowest BCUT2D eigenvalue weighted by Gasteiger charge is -2.04. The Morgan fingerprint density at radius 1 is 1.62 bits per heavy atom. The zero-order chi connectivity index (χ0) is 9.84. The van der Waals surface area contributed by atoms with Crippen molar-refractivity contribution in [2.75, 3.05) is 0 Å². The second kappa shape index (κ2) is 4.11. The molecule has 70 valence electrons. The molecule has 1 rings (SSSR count). The summed E-state index contributed by atoms with van der Waals surface area (Å²) >= 11 is 5.77. The molecule has 0 aliphatic carbocycles. The third-order valence-corrected chi connectivity index (χ3v) is 1.88. The van der Waals surface area contributed by atoms with Crippen LogP contribution in [0.25, 0.3) is 0 Å². The lowest BCUT2D eigenvalue weighted by molar-refractivity contribution is 0.200. The van der Waals surface area contributed by atoms with Gasteiger partial charge in [-0.25, -0.2) is 10.6 Å². The molecule has 0 aliphatic heterocycles. The summed E-state index contributed by atoms with van der Waals surface area (Å²) in [5, 5.41) is 0.625. The van der Waals surface area contributed by atoms with E-state index in [1.807, 2.05) is 12.3 Å². The molecule has 13 heavy (non-hydrogen) atoms. The second-order valence-corrected chi connectivity index (χ2v) is 2.85. The Kier molecular flexibility index (Phi) is 3.11. The molecular formula is C8H9ClN2O2. The third kappa shape index (κ3) is 2.61. The lowest BCUT2D eigenvalue weighted by atomic mass is 10.2. The van der Waals surface area contributed by atoms with Crippen LogP contribution in [0.4, 0.5) is 4.79 Å². The van der Waals surface area contributed by atoms with Gasteiger partial charge in [0.2, 0.25) is 0 Å². The first-order chi connectivity index (χ1) is 6.13. The Morgan fingerprint density at radius 2 is 2.31 bits per heavy atom. The van der Waals surface area contributed by atoms with Crippen LogP contribution in [-0.4, -0.2) is 6.09 Å². The van der Waals surface area contributed by atoms with Gasteiger partial charge < -0.3 is 4.74 Å². The molecule has 0 spiro atoms. The summed E-state index contributed by atoms with van der Waals surface area (Å²) < 4.78 is 4.77. The molecule has 3 N–H and O–H groups in total. The summed E-state index contributed by atoms with van der Waals surface area (Å²) in [6.45, 7) is 1.82. The number of halogens is 1. The van der Waals surface area contributed by atoms with Crippen molar-refractivity contribution in [1.29, 1.82) is 0 Å². The molecule has 1 amide bonds.